The molecule has 0 saturated carbocycles. The molecule has 7 nitrogen and oxygen atoms in total. The van der Waals surface area contributed by atoms with Gasteiger partial charge in [-0.3, -0.25) is 4.79 Å². The Kier molecular flexibility index (Phi) is 6.26. The van der Waals surface area contributed by atoms with Crippen LogP contribution in [0.4, 0.5) is 0 Å². The summed E-state index contributed by atoms with van der Waals surface area (Å²) in [6, 6.07) is 9.16. The highest BCUT2D eigenvalue weighted by atomic mass is 16.6. The van der Waals surface area contributed by atoms with Crippen molar-refractivity contribution in [2.75, 3.05) is 27.4 Å². The smallest absolute Gasteiger partial charge is 0.344 e. The third-order valence-electron chi connectivity index (χ3n) is 4.51. The van der Waals surface area contributed by atoms with Gasteiger partial charge in [0.25, 0.3) is 5.91 Å². The fourth-order valence-electron chi connectivity index (χ4n) is 3.10. The second-order valence-electron chi connectivity index (χ2n) is 7.10. The molecule has 0 saturated heterocycles. The average molecular weight is 399 g/mol. The van der Waals surface area contributed by atoms with Crippen LogP contribution in [0.3, 0.4) is 0 Å². The van der Waals surface area contributed by atoms with Crippen LogP contribution in [-0.2, 0) is 16.1 Å². The van der Waals surface area contributed by atoms with Crippen molar-refractivity contribution in [3.8, 4) is 28.4 Å². The first kappa shape index (κ1) is 20.5. The van der Waals surface area contributed by atoms with E-state index in [1.807, 2.05) is 32.0 Å². The predicted octanol–water partition coefficient (Wildman–Crippen LogP) is 3.19. The Morgan fingerprint density at radius 2 is 1.83 bits per heavy atom. The van der Waals surface area contributed by atoms with Crippen LogP contribution in [0.25, 0.3) is 11.1 Å². The summed E-state index contributed by atoms with van der Waals surface area (Å²) in [6.07, 6.45) is 0. The summed E-state index contributed by atoms with van der Waals surface area (Å²) in [7, 11) is 3.04. The molecule has 0 unspecified atom stereocenters. The van der Waals surface area contributed by atoms with Gasteiger partial charge in [-0.05, 0) is 41.3 Å². The van der Waals surface area contributed by atoms with E-state index in [1.165, 1.54) is 14.2 Å². The molecule has 1 aliphatic heterocycles. The van der Waals surface area contributed by atoms with Gasteiger partial charge in [-0.25, -0.2) is 4.79 Å². The van der Waals surface area contributed by atoms with Gasteiger partial charge in [0, 0.05) is 17.7 Å². The molecule has 0 bridgehead atoms. The van der Waals surface area contributed by atoms with E-state index in [0.29, 0.717) is 36.0 Å². The van der Waals surface area contributed by atoms with Crippen LogP contribution in [0.5, 0.6) is 17.2 Å². The van der Waals surface area contributed by atoms with E-state index in [1.54, 1.807) is 12.1 Å². The molecule has 7 heteroatoms. The maximum Gasteiger partial charge on any atom is 0.344 e. The summed E-state index contributed by atoms with van der Waals surface area (Å²) in [5.41, 5.74) is 3.13. The Hall–Kier alpha value is -3.22. The lowest BCUT2D eigenvalue weighted by atomic mass is 9.99. The van der Waals surface area contributed by atoms with Crippen molar-refractivity contribution in [3.05, 3.63) is 41.5 Å². The van der Waals surface area contributed by atoms with E-state index in [0.717, 1.165) is 16.7 Å². The molecule has 0 fully saturated rings. The second kappa shape index (κ2) is 8.86. The van der Waals surface area contributed by atoms with Crippen molar-refractivity contribution in [3.63, 3.8) is 0 Å². The number of ether oxygens (including phenoxy) is 4. The van der Waals surface area contributed by atoms with Crippen LogP contribution in [0.1, 0.15) is 29.8 Å². The van der Waals surface area contributed by atoms with Gasteiger partial charge in [0.15, 0.2) is 18.1 Å². The Bertz CT molecular complexity index is 922. The predicted molar refractivity (Wildman–Crippen MR) is 107 cm³/mol. The van der Waals surface area contributed by atoms with Gasteiger partial charge in [0.05, 0.1) is 20.8 Å². The van der Waals surface area contributed by atoms with Gasteiger partial charge in [-0.1, -0.05) is 19.9 Å². The molecule has 0 spiro atoms. The first-order chi connectivity index (χ1) is 13.9. The number of carbonyl (C=O) groups is 2. The van der Waals surface area contributed by atoms with Gasteiger partial charge in [0.1, 0.15) is 0 Å². The van der Waals surface area contributed by atoms with Crippen LogP contribution in [0.2, 0.25) is 0 Å². The summed E-state index contributed by atoms with van der Waals surface area (Å²) in [6.45, 7) is 4.48. The molecule has 0 radical (unpaired) electrons. The minimum Gasteiger partial charge on any atom is -0.493 e. The molecular formula is C22H25NO6. The summed E-state index contributed by atoms with van der Waals surface area (Å²) >= 11 is 0. The normalized spacial score (nSPS) is 12.4. The maximum atomic E-state index is 12.0. The van der Waals surface area contributed by atoms with Gasteiger partial charge < -0.3 is 24.3 Å². The largest absolute Gasteiger partial charge is 0.493 e. The van der Waals surface area contributed by atoms with E-state index in [4.69, 9.17) is 18.9 Å². The Morgan fingerprint density at radius 3 is 2.52 bits per heavy atom. The molecule has 29 heavy (non-hydrogen) atoms. The van der Waals surface area contributed by atoms with Crippen molar-refractivity contribution in [2.24, 2.45) is 5.92 Å². The molecule has 1 amide bonds. The fraction of sp³-hybridized carbons (Fsp3) is 0.364. The van der Waals surface area contributed by atoms with Crippen molar-refractivity contribution < 1.29 is 28.5 Å². The molecule has 2 aromatic rings. The second-order valence-corrected chi connectivity index (χ2v) is 7.10. The number of benzene rings is 2. The minimum atomic E-state index is -0.460. The number of carbonyl (C=O) groups excluding carboxylic acids is 2. The van der Waals surface area contributed by atoms with Crippen molar-refractivity contribution in [1.82, 2.24) is 5.32 Å². The van der Waals surface area contributed by atoms with Crippen LogP contribution < -0.4 is 19.5 Å². The zero-order valence-corrected chi connectivity index (χ0v) is 17.0. The SMILES string of the molecule is COc1ccc(-c2ccc3c(c2)CNC3=O)c(OCC(=O)OCC(C)C)c1OC. The summed E-state index contributed by atoms with van der Waals surface area (Å²) < 4.78 is 21.9. The van der Waals surface area contributed by atoms with Crippen molar-refractivity contribution >= 4 is 11.9 Å². The molecule has 0 aliphatic carbocycles. The lowest BCUT2D eigenvalue weighted by molar-refractivity contribution is -0.147. The quantitative estimate of drug-likeness (QED) is 0.687. The average Bonchev–Trinajstić information content (AvgIpc) is 3.09. The summed E-state index contributed by atoms with van der Waals surface area (Å²) in [5.74, 6) is 0.951. The zero-order valence-electron chi connectivity index (χ0n) is 17.0. The standard InChI is InChI=1S/C22H25NO6/c1-13(2)11-28-19(24)12-29-20-16(7-8-18(26-3)21(20)27-4)14-5-6-17-15(9-14)10-23-22(17)25/h5-9,13H,10-12H2,1-4H3,(H,23,25). The number of nitrogens with one attached hydrogen (secondary N) is 1. The molecule has 0 aromatic heterocycles. The molecule has 2 aromatic carbocycles. The Labute approximate surface area is 169 Å². The zero-order chi connectivity index (χ0) is 21.0. The van der Waals surface area contributed by atoms with Gasteiger partial charge in [0.2, 0.25) is 5.75 Å². The highest BCUT2D eigenvalue weighted by Crippen LogP contribution is 2.45. The monoisotopic (exact) mass is 399 g/mol. The fourth-order valence-corrected chi connectivity index (χ4v) is 3.10. The number of methoxy groups -OCH3 is 2. The summed E-state index contributed by atoms with van der Waals surface area (Å²) in [4.78, 5) is 23.9. The third kappa shape index (κ3) is 4.45. The third-order valence-corrected chi connectivity index (χ3v) is 4.51. The van der Waals surface area contributed by atoms with Crippen LogP contribution in [0, 0.1) is 5.92 Å². The lowest BCUT2D eigenvalue weighted by Crippen LogP contribution is -2.18. The van der Waals surface area contributed by atoms with Crippen molar-refractivity contribution in [1.29, 1.82) is 0 Å². The van der Waals surface area contributed by atoms with Gasteiger partial charge >= 0.3 is 5.97 Å². The number of rotatable bonds is 8. The minimum absolute atomic E-state index is 0.0803. The highest BCUT2D eigenvalue weighted by Gasteiger charge is 2.23. The Balaban J connectivity index is 1.95. The number of hydrogen-bond donors (Lipinski definition) is 1. The molecule has 1 N–H and O–H groups in total. The van der Waals surface area contributed by atoms with Crippen LogP contribution in [-0.4, -0.2) is 39.3 Å². The highest BCUT2D eigenvalue weighted by molar-refractivity contribution is 5.99. The number of fused-ring (bicyclic) bond motifs is 1. The molecule has 154 valence electrons. The topological polar surface area (TPSA) is 83.1 Å². The number of esters is 1. The molecular weight excluding hydrogens is 374 g/mol. The number of amides is 1. The maximum absolute atomic E-state index is 12.0. The van der Waals surface area contributed by atoms with Crippen LogP contribution >= 0.6 is 0 Å². The lowest BCUT2D eigenvalue weighted by Gasteiger charge is -2.18. The van der Waals surface area contributed by atoms with Crippen LogP contribution in [0.15, 0.2) is 30.3 Å². The molecule has 1 heterocycles. The van der Waals surface area contributed by atoms with Crippen molar-refractivity contribution in [2.45, 2.75) is 20.4 Å². The number of hydrogen-bond acceptors (Lipinski definition) is 6. The van der Waals surface area contributed by atoms with E-state index in [2.05, 4.69) is 5.32 Å². The molecule has 0 atom stereocenters. The van der Waals surface area contributed by atoms with E-state index < -0.39 is 5.97 Å². The van der Waals surface area contributed by atoms with Gasteiger partial charge in [-0.2, -0.15) is 0 Å². The van der Waals surface area contributed by atoms with Gasteiger partial charge in [-0.15, -0.1) is 0 Å². The first-order valence-electron chi connectivity index (χ1n) is 9.39. The van der Waals surface area contributed by atoms with E-state index in [9.17, 15) is 9.59 Å². The molecule has 3 rings (SSSR count). The van der Waals surface area contributed by atoms with E-state index in [-0.39, 0.29) is 18.4 Å². The molecule has 1 aliphatic rings. The van der Waals surface area contributed by atoms with E-state index >= 15 is 0 Å². The first-order valence-corrected chi connectivity index (χ1v) is 9.39. The summed E-state index contributed by atoms with van der Waals surface area (Å²) in [5, 5.41) is 2.81. The Morgan fingerprint density at radius 1 is 1.07 bits per heavy atom.